The summed E-state index contributed by atoms with van der Waals surface area (Å²) in [7, 11) is 2.07. The molecule has 5 heteroatoms. The first-order chi connectivity index (χ1) is 11.4. The molecule has 0 spiro atoms. The van der Waals surface area contributed by atoms with Crippen molar-refractivity contribution < 1.29 is 9.59 Å². The number of benzene rings is 1. The van der Waals surface area contributed by atoms with Gasteiger partial charge in [0.25, 0.3) is 0 Å². The second-order valence-corrected chi connectivity index (χ2v) is 6.54. The van der Waals surface area contributed by atoms with E-state index in [1.807, 2.05) is 24.0 Å². The number of rotatable bonds is 5. The summed E-state index contributed by atoms with van der Waals surface area (Å²) in [6.07, 6.45) is 1.24. The fourth-order valence-electron chi connectivity index (χ4n) is 3.24. The first-order valence-electron chi connectivity index (χ1n) is 8.77. The molecule has 1 fully saturated rings. The van der Waals surface area contributed by atoms with Gasteiger partial charge in [-0.1, -0.05) is 25.1 Å². The van der Waals surface area contributed by atoms with Crippen molar-refractivity contribution in [3.05, 3.63) is 29.3 Å². The molecule has 1 saturated heterocycles. The number of likely N-dealkylation sites (N-methyl/N-ethyl adjacent to an activating group) is 1. The predicted octanol–water partition coefficient (Wildman–Crippen LogP) is 2.07. The van der Waals surface area contributed by atoms with Crippen LogP contribution in [0, 0.1) is 6.92 Å². The third-order valence-corrected chi connectivity index (χ3v) is 4.76. The number of piperazine rings is 1. The quantitative estimate of drug-likeness (QED) is 0.830. The van der Waals surface area contributed by atoms with E-state index in [9.17, 15) is 9.59 Å². The molecule has 2 rings (SSSR count). The van der Waals surface area contributed by atoms with Gasteiger partial charge in [0, 0.05) is 51.8 Å². The van der Waals surface area contributed by atoms with Gasteiger partial charge in [-0.05, 0) is 31.5 Å². The third-order valence-electron chi connectivity index (χ3n) is 4.76. The molecule has 132 valence electrons. The van der Waals surface area contributed by atoms with Crippen molar-refractivity contribution in [2.24, 2.45) is 0 Å². The monoisotopic (exact) mass is 331 g/mol. The smallest absolute Gasteiger partial charge is 0.224 e. The van der Waals surface area contributed by atoms with Crippen molar-refractivity contribution in [2.45, 2.75) is 33.6 Å². The lowest BCUT2D eigenvalue weighted by atomic mass is 10.0. The Balaban J connectivity index is 2.07. The average molecular weight is 331 g/mol. The number of nitrogens with zero attached hydrogens (tertiary/aromatic N) is 3. The fraction of sp³-hybridized carbons (Fsp3) is 0.579. The van der Waals surface area contributed by atoms with Crippen LogP contribution in [0.25, 0.3) is 0 Å². The minimum atomic E-state index is -0.00909. The van der Waals surface area contributed by atoms with Crippen LogP contribution >= 0.6 is 0 Å². The van der Waals surface area contributed by atoms with Gasteiger partial charge < -0.3 is 14.7 Å². The summed E-state index contributed by atoms with van der Waals surface area (Å²) >= 11 is 0. The lowest BCUT2D eigenvalue weighted by molar-refractivity contribution is -0.132. The van der Waals surface area contributed by atoms with Crippen LogP contribution in [-0.2, 0) is 16.0 Å². The SMILES string of the molecule is CCc1cccc(C)c1N(CCC(=O)N1CCN(C)CC1)C(C)=O. The molecule has 24 heavy (non-hydrogen) atoms. The predicted molar refractivity (Wildman–Crippen MR) is 97.3 cm³/mol. The van der Waals surface area contributed by atoms with Gasteiger partial charge in [-0.3, -0.25) is 9.59 Å². The molecule has 1 aromatic carbocycles. The molecule has 0 aromatic heterocycles. The van der Waals surface area contributed by atoms with Crippen LogP contribution in [0.4, 0.5) is 5.69 Å². The summed E-state index contributed by atoms with van der Waals surface area (Å²) in [6, 6.07) is 6.10. The van der Waals surface area contributed by atoms with Crippen LogP contribution in [-0.4, -0.2) is 61.4 Å². The summed E-state index contributed by atoms with van der Waals surface area (Å²) in [6.45, 7) is 9.52. The lowest BCUT2D eigenvalue weighted by Gasteiger charge is -2.33. The Morgan fingerprint density at radius 1 is 1.17 bits per heavy atom. The zero-order chi connectivity index (χ0) is 17.7. The number of carbonyl (C=O) groups is 2. The molecule has 0 N–H and O–H groups in total. The van der Waals surface area contributed by atoms with Crippen LogP contribution in [0.1, 0.15) is 31.4 Å². The molecule has 1 aromatic rings. The van der Waals surface area contributed by atoms with Gasteiger partial charge in [-0.15, -0.1) is 0 Å². The van der Waals surface area contributed by atoms with E-state index >= 15 is 0 Å². The summed E-state index contributed by atoms with van der Waals surface area (Å²) in [5.74, 6) is 0.131. The second-order valence-electron chi connectivity index (χ2n) is 6.54. The first kappa shape index (κ1) is 18.5. The van der Waals surface area contributed by atoms with Gasteiger partial charge in [0.1, 0.15) is 0 Å². The first-order valence-corrected chi connectivity index (χ1v) is 8.77. The van der Waals surface area contributed by atoms with Crippen molar-refractivity contribution in [3.63, 3.8) is 0 Å². The molecule has 0 aliphatic carbocycles. The molecule has 0 saturated carbocycles. The van der Waals surface area contributed by atoms with Crippen molar-refractivity contribution in [1.29, 1.82) is 0 Å². The van der Waals surface area contributed by atoms with Gasteiger partial charge in [0.15, 0.2) is 0 Å². The van der Waals surface area contributed by atoms with Crippen molar-refractivity contribution in [3.8, 4) is 0 Å². The van der Waals surface area contributed by atoms with Gasteiger partial charge in [0.2, 0.25) is 11.8 Å². The summed E-state index contributed by atoms with van der Waals surface area (Å²) in [5, 5.41) is 0. The highest BCUT2D eigenvalue weighted by Gasteiger charge is 2.22. The summed E-state index contributed by atoms with van der Waals surface area (Å²) < 4.78 is 0. The fourth-order valence-corrected chi connectivity index (χ4v) is 3.24. The second kappa shape index (κ2) is 8.29. The summed E-state index contributed by atoms with van der Waals surface area (Å²) in [5.41, 5.74) is 3.20. The molecular weight excluding hydrogens is 302 g/mol. The highest BCUT2D eigenvalue weighted by molar-refractivity contribution is 5.94. The highest BCUT2D eigenvalue weighted by atomic mass is 16.2. The molecule has 0 bridgehead atoms. The maximum atomic E-state index is 12.5. The minimum absolute atomic E-state index is 0.00909. The average Bonchev–Trinajstić information content (AvgIpc) is 2.56. The molecule has 0 unspecified atom stereocenters. The van der Waals surface area contributed by atoms with E-state index in [0.29, 0.717) is 13.0 Å². The number of carbonyl (C=O) groups excluding carboxylic acids is 2. The van der Waals surface area contributed by atoms with E-state index in [1.54, 1.807) is 11.8 Å². The normalized spacial score (nSPS) is 15.4. The van der Waals surface area contributed by atoms with Crippen LogP contribution in [0.3, 0.4) is 0 Å². The maximum absolute atomic E-state index is 12.5. The number of para-hydroxylation sites is 1. The van der Waals surface area contributed by atoms with Gasteiger partial charge in [0.05, 0.1) is 0 Å². The highest BCUT2D eigenvalue weighted by Crippen LogP contribution is 2.26. The van der Waals surface area contributed by atoms with E-state index in [0.717, 1.165) is 49.4 Å². The van der Waals surface area contributed by atoms with E-state index in [-0.39, 0.29) is 11.8 Å². The molecule has 2 amide bonds. The van der Waals surface area contributed by atoms with Crippen LogP contribution in [0.2, 0.25) is 0 Å². The van der Waals surface area contributed by atoms with E-state index in [2.05, 4.69) is 24.9 Å². The Labute approximate surface area is 145 Å². The number of hydrogen-bond donors (Lipinski definition) is 0. The summed E-state index contributed by atoms with van der Waals surface area (Å²) in [4.78, 5) is 30.6. The van der Waals surface area contributed by atoms with Crippen molar-refractivity contribution in [1.82, 2.24) is 9.80 Å². The van der Waals surface area contributed by atoms with Crippen LogP contribution in [0.15, 0.2) is 18.2 Å². The minimum Gasteiger partial charge on any atom is -0.340 e. The van der Waals surface area contributed by atoms with Crippen molar-refractivity contribution >= 4 is 17.5 Å². The van der Waals surface area contributed by atoms with E-state index in [4.69, 9.17) is 0 Å². The third kappa shape index (κ3) is 4.35. The molecular formula is C19H29N3O2. The Bertz CT molecular complexity index is 592. The number of aryl methyl sites for hydroxylation is 2. The molecule has 1 aliphatic rings. The Kier molecular flexibility index (Phi) is 6.37. The molecule has 1 aliphatic heterocycles. The molecule has 0 radical (unpaired) electrons. The van der Waals surface area contributed by atoms with Crippen LogP contribution in [0.5, 0.6) is 0 Å². The van der Waals surface area contributed by atoms with Gasteiger partial charge in [-0.2, -0.15) is 0 Å². The molecule has 0 atom stereocenters. The van der Waals surface area contributed by atoms with E-state index < -0.39 is 0 Å². The molecule has 1 heterocycles. The number of amides is 2. The topological polar surface area (TPSA) is 43.9 Å². The molecule has 5 nitrogen and oxygen atoms in total. The number of anilines is 1. The zero-order valence-corrected chi connectivity index (χ0v) is 15.3. The zero-order valence-electron chi connectivity index (χ0n) is 15.3. The largest absolute Gasteiger partial charge is 0.340 e. The number of hydrogen-bond acceptors (Lipinski definition) is 3. The Morgan fingerprint density at radius 2 is 1.83 bits per heavy atom. The van der Waals surface area contributed by atoms with Gasteiger partial charge in [-0.25, -0.2) is 0 Å². The van der Waals surface area contributed by atoms with Crippen molar-refractivity contribution in [2.75, 3.05) is 44.7 Å². The Morgan fingerprint density at radius 3 is 2.42 bits per heavy atom. The lowest BCUT2D eigenvalue weighted by Crippen LogP contribution is -2.48. The Hall–Kier alpha value is -1.88. The van der Waals surface area contributed by atoms with E-state index in [1.165, 1.54) is 0 Å². The maximum Gasteiger partial charge on any atom is 0.224 e. The van der Waals surface area contributed by atoms with Crippen LogP contribution < -0.4 is 4.90 Å². The van der Waals surface area contributed by atoms with Gasteiger partial charge >= 0.3 is 0 Å². The standard InChI is InChI=1S/C19H29N3O2/c1-5-17-8-6-7-15(2)19(17)22(16(3)23)10-9-18(24)21-13-11-20(4)12-14-21/h6-8H,5,9-14H2,1-4H3.